The van der Waals surface area contributed by atoms with Crippen LogP contribution in [-0.4, -0.2) is 21.4 Å². The van der Waals surface area contributed by atoms with Crippen LogP contribution in [-0.2, 0) is 20.1 Å². The van der Waals surface area contributed by atoms with Gasteiger partial charge in [0.15, 0.2) is 0 Å². The van der Waals surface area contributed by atoms with Crippen LogP contribution in [0.3, 0.4) is 0 Å². The van der Waals surface area contributed by atoms with Gasteiger partial charge in [-0.05, 0) is 25.0 Å². The maximum atomic E-state index is 9.54. The molecule has 0 atom stereocenters. The zero-order valence-corrected chi connectivity index (χ0v) is 10.7. The van der Waals surface area contributed by atoms with Gasteiger partial charge in [0.2, 0.25) is 0 Å². The Bertz CT molecular complexity index is 589. The molecule has 0 unspecified atom stereocenters. The van der Waals surface area contributed by atoms with E-state index < -0.39 is 0 Å². The van der Waals surface area contributed by atoms with Gasteiger partial charge in [-0.3, -0.25) is 4.68 Å². The number of rotatable bonds is 2. The van der Waals surface area contributed by atoms with E-state index in [1.165, 1.54) is 11.3 Å². The largest absolute Gasteiger partial charge is 0.391 e. The van der Waals surface area contributed by atoms with E-state index in [-0.39, 0.29) is 6.61 Å². The standard InChI is InChI=1S/C14H17N3O/c1-10-12(9-18)14(16(2)15-10)17-8-7-11-5-3-4-6-13(11)17/h3-6,18H,7-9H2,1-2H3. The number of aryl methyl sites for hydroxylation is 2. The first-order chi connectivity index (χ1) is 8.72. The van der Waals surface area contributed by atoms with Crippen LogP contribution in [0.2, 0.25) is 0 Å². The molecule has 0 saturated heterocycles. The van der Waals surface area contributed by atoms with Crippen molar-refractivity contribution in [3.05, 3.63) is 41.1 Å². The number of hydrogen-bond acceptors (Lipinski definition) is 3. The molecule has 2 heterocycles. The van der Waals surface area contributed by atoms with Crippen LogP contribution in [0.1, 0.15) is 16.8 Å². The van der Waals surface area contributed by atoms with E-state index in [1.54, 1.807) is 0 Å². The molecule has 0 bridgehead atoms. The molecule has 1 aromatic heterocycles. The van der Waals surface area contributed by atoms with Crippen molar-refractivity contribution in [3.63, 3.8) is 0 Å². The van der Waals surface area contributed by atoms with Gasteiger partial charge in [-0.15, -0.1) is 0 Å². The van der Waals surface area contributed by atoms with Gasteiger partial charge in [0, 0.05) is 24.8 Å². The Morgan fingerprint density at radius 2 is 2.11 bits per heavy atom. The van der Waals surface area contributed by atoms with Crippen molar-refractivity contribution in [2.24, 2.45) is 7.05 Å². The molecule has 2 aromatic rings. The summed E-state index contributed by atoms with van der Waals surface area (Å²) in [5.74, 6) is 1.01. The van der Waals surface area contributed by atoms with Gasteiger partial charge < -0.3 is 10.0 Å². The van der Waals surface area contributed by atoms with E-state index in [1.807, 2.05) is 18.7 Å². The number of aliphatic hydroxyl groups is 1. The molecule has 18 heavy (non-hydrogen) atoms. The summed E-state index contributed by atoms with van der Waals surface area (Å²) in [7, 11) is 1.93. The molecule has 0 spiro atoms. The highest BCUT2D eigenvalue weighted by Crippen LogP contribution is 2.36. The molecule has 1 N–H and O–H groups in total. The Morgan fingerprint density at radius 3 is 2.89 bits per heavy atom. The third-order valence-corrected chi connectivity index (χ3v) is 3.61. The van der Waals surface area contributed by atoms with Gasteiger partial charge in [0.1, 0.15) is 5.82 Å². The average Bonchev–Trinajstić information content (AvgIpc) is 2.89. The zero-order valence-electron chi connectivity index (χ0n) is 10.7. The molecule has 1 aromatic carbocycles. The first-order valence-electron chi connectivity index (χ1n) is 6.21. The zero-order chi connectivity index (χ0) is 12.7. The number of aliphatic hydroxyl groups excluding tert-OH is 1. The molecule has 1 aliphatic heterocycles. The quantitative estimate of drug-likeness (QED) is 0.876. The maximum Gasteiger partial charge on any atom is 0.136 e. The minimum absolute atomic E-state index is 0.0354. The minimum Gasteiger partial charge on any atom is -0.391 e. The van der Waals surface area contributed by atoms with Crippen molar-refractivity contribution in [1.29, 1.82) is 0 Å². The molecule has 0 fully saturated rings. The van der Waals surface area contributed by atoms with Gasteiger partial charge >= 0.3 is 0 Å². The molecule has 0 aliphatic carbocycles. The summed E-state index contributed by atoms with van der Waals surface area (Å²) in [4.78, 5) is 2.25. The van der Waals surface area contributed by atoms with Gasteiger partial charge in [-0.2, -0.15) is 5.10 Å². The summed E-state index contributed by atoms with van der Waals surface area (Å²) in [5, 5.41) is 14.0. The molecular formula is C14H17N3O. The first-order valence-corrected chi connectivity index (χ1v) is 6.21. The second kappa shape index (κ2) is 4.14. The summed E-state index contributed by atoms with van der Waals surface area (Å²) in [5.41, 5.74) is 4.42. The number of hydrogen-bond donors (Lipinski definition) is 1. The number of aromatic nitrogens is 2. The van der Waals surface area contributed by atoms with E-state index in [0.717, 1.165) is 30.0 Å². The smallest absolute Gasteiger partial charge is 0.136 e. The minimum atomic E-state index is 0.0354. The monoisotopic (exact) mass is 243 g/mol. The van der Waals surface area contributed by atoms with Crippen LogP contribution < -0.4 is 4.90 Å². The molecule has 1 aliphatic rings. The van der Waals surface area contributed by atoms with Crippen LogP contribution >= 0.6 is 0 Å². The van der Waals surface area contributed by atoms with Crippen LogP contribution in [0, 0.1) is 6.92 Å². The van der Waals surface area contributed by atoms with Gasteiger partial charge in [-0.1, -0.05) is 18.2 Å². The summed E-state index contributed by atoms with van der Waals surface area (Å²) < 4.78 is 1.86. The highest BCUT2D eigenvalue weighted by atomic mass is 16.3. The van der Waals surface area contributed by atoms with Gasteiger partial charge in [0.05, 0.1) is 12.3 Å². The predicted octanol–water partition coefficient (Wildman–Crippen LogP) is 1.92. The number of fused-ring (bicyclic) bond motifs is 1. The molecule has 3 rings (SSSR count). The van der Waals surface area contributed by atoms with Crippen molar-refractivity contribution in [2.75, 3.05) is 11.4 Å². The lowest BCUT2D eigenvalue weighted by atomic mass is 10.2. The highest BCUT2D eigenvalue weighted by Gasteiger charge is 2.25. The average molecular weight is 243 g/mol. The Hall–Kier alpha value is -1.81. The van der Waals surface area contributed by atoms with Crippen molar-refractivity contribution >= 4 is 11.5 Å². The molecule has 0 amide bonds. The summed E-state index contributed by atoms with van der Waals surface area (Å²) in [6.07, 6.45) is 1.05. The Kier molecular flexibility index (Phi) is 2.59. The molecule has 4 nitrogen and oxygen atoms in total. The van der Waals surface area contributed by atoms with Crippen LogP contribution in [0.4, 0.5) is 11.5 Å². The fourth-order valence-corrected chi connectivity index (χ4v) is 2.77. The van der Waals surface area contributed by atoms with Crippen molar-refractivity contribution in [2.45, 2.75) is 20.0 Å². The lowest BCUT2D eigenvalue weighted by molar-refractivity contribution is 0.281. The van der Waals surface area contributed by atoms with Crippen LogP contribution in [0.15, 0.2) is 24.3 Å². The lowest BCUT2D eigenvalue weighted by Crippen LogP contribution is -2.18. The second-order valence-electron chi connectivity index (χ2n) is 4.70. The molecule has 0 radical (unpaired) electrons. The Labute approximate surface area is 106 Å². The van der Waals surface area contributed by atoms with Crippen LogP contribution in [0.25, 0.3) is 0 Å². The van der Waals surface area contributed by atoms with E-state index >= 15 is 0 Å². The van der Waals surface area contributed by atoms with E-state index in [2.05, 4.69) is 34.3 Å². The first kappa shape index (κ1) is 11.3. The number of nitrogens with zero attached hydrogens (tertiary/aromatic N) is 3. The maximum absolute atomic E-state index is 9.54. The van der Waals surface area contributed by atoms with Crippen molar-refractivity contribution < 1.29 is 5.11 Å². The van der Waals surface area contributed by atoms with Crippen molar-refractivity contribution in [1.82, 2.24) is 9.78 Å². The lowest BCUT2D eigenvalue weighted by Gasteiger charge is -2.20. The van der Waals surface area contributed by atoms with Crippen molar-refractivity contribution in [3.8, 4) is 0 Å². The third kappa shape index (κ3) is 1.53. The van der Waals surface area contributed by atoms with Gasteiger partial charge in [-0.25, -0.2) is 0 Å². The summed E-state index contributed by atoms with van der Waals surface area (Å²) in [6, 6.07) is 8.42. The third-order valence-electron chi connectivity index (χ3n) is 3.61. The Balaban J connectivity index is 2.13. The number of para-hydroxylation sites is 1. The van der Waals surface area contributed by atoms with Crippen LogP contribution in [0.5, 0.6) is 0 Å². The van der Waals surface area contributed by atoms with E-state index in [0.29, 0.717) is 0 Å². The molecule has 0 saturated carbocycles. The number of anilines is 2. The summed E-state index contributed by atoms with van der Waals surface area (Å²) >= 11 is 0. The Morgan fingerprint density at radius 1 is 1.33 bits per heavy atom. The highest BCUT2D eigenvalue weighted by molar-refractivity contribution is 5.70. The normalized spacial score (nSPS) is 14.1. The van der Waals surface area contributed by atoms with E-state index in [9.17, 15) is 5.11 Å². The second-order valence-corrected chi connectivity index (χ2v) is 4.70. The fourth-order valence-electron chi connectivity index (χ4n) is 2.77. The molecule has 94 valence electrons. The van der Waals surface area contributed by atoms with E-state index in [4.69, 9.17) is 0 Å². The predicted molar refractivity (Wildman–Crippen MR) is 71.0 cm³/mol. The molecular weight excluding hydrogens is 226 g/mol. The number of benzene rings is 1. The SMILES string of the molecule is Cc1nn(C)c(N2CCc3ccccc32)c1CO. The fraction of sp³-hybridized carbons (Fsp3) is 0.357. The molecule has 4 heteroatoms. The van der Waals surface area contributed by atoms with Gasteiger partial charge in [0.25, 0.3) is 0 Å². The topological polar surface area (TPSA) is 41.3 Å². The summed E-state index contributed by atoms with van der Waals surface area (Å²) in [6.45, 7) is 2.93.